The SMILES string of the molecule is CN(C)c1cc(CN2CCCC2c2nc(C(=O)NC3CC3)no2)ccn1. The van der Waals surface area contributed by atoms with Gasteiger partial charge in [0.25, 0.3) is 11.7 Å². The van der Waals surface area contributed by atoms with Crippen molar-refractivity contribution >= 4 is 11.7 Å². The highest BCUT2D eigenvalue weighted by Crippen LogP contribution is 2.32. The van der Waals surface area contributed by atoms with Gasteiger partial charge in [-0.15, -0.1) is 0 Å². The van der Waals surface area contributed by atoms with Crippen LogP contribution in [0.4, 0.5) is 5.82 Å². The summed E-state index contributed by atoms with van der Waals surface area (Å²) < 4.78 is 5.42. The van der Waals surface area contributed by atoms with Crippen LogP contribution in [0.2, 0.25) is 0 Å². The van der Waals surface area contributed by atoms with Crippen molar-refractivity contribution in [1.29, 1.82) is 0 Å². The predicted molar refractivity (Wildman–Crippen MR) is 95.7 cm³/mol. The smallest absolute Gasteiger partial charge is 0.292 e. The summed E-state index contributed by atoms with van der Waals surface area (Å²) in [7, 11) is 3.97. The van der Waals surface area contributed by atoms with Crippen LogP contribution in [0.25, 0.3) is 0 Å². The predicted octanol–water partition coefficient (Wildman–Crippen LogP) is 1.76. The zero-order valence-corrected chi connectivity index (χ0v) is 15.2. The maximum Gasteiger partial charge on any atom is 0.292 e. The van der Waals surface area contributed by atoms with Crippen molar-refractivity contribution in [2.75, 3.05) is 25.5 Å². The number of hydrogen-bond acceptors (Lipinski definition) is 7. The molecular weight excluding hydrogens is 332 g/mol. The van der Waals surface area contributed by atoms with Crippen LogP contribution in [0.5, 0.6) is 0 Å². The van der Waals surface area contributed by atoms with Gasteiger partial charge in [0.15, 0.2) is 0 Å². The number of rotatable bonds is 6. The van der Waals surface area contributed by atoms with Crippen molar-refractivity contribution in [3.63, 3.8) is 0 Å². The molecule has 1 atom stereocenters. The minimum atomic E-state index is -0.239. The van der Waals surface area contributed by atoms with Crippen LogP contribution in [0, 0.1) is 0 Å². The Hall–Kier alpha value is -2.48. The molecule has 1 unspecified atom stereocenters. The van der Waals surface area contributed by atoms with Gasteiger partial charge in [0.2, 0.25) is 5.89 Å². The second kappa shape index (κ2) is 7.03. The van der Waals surface area contributed by atoms with Gasteiger partial charge in [-0.25, -0.2) is 4.98 Å². The quantitative estimate of drug-likeness (QED) is 0.844. The van der Waals surface area contributed by atoms with Crippen LogP contribution in [0.1, 0.15) is 53.8 Å². The first-order valence-corrected chi connectivity index (χ1v) is 9.11. The number of nitrogens with one attached hydrogen (secondary N) is 1. The van der Waals surface area contributed by atoms with E-state index in [4.69, 9.17) is 4.52 Å². The molecule has 1 saturated heterocycles. The monoisotopic (exact) mass is 356 g/mol. The summed E-state index contributed by atoms with van der Waals surface area (Å²) >= 11 is 0. The summed E-state index contributed by atoms with van der Waals surface area (Å²) in [6.45, 7) is 1.76. The van der Waals surface area contributed by atoms with E-state index in [9.17, 15) is 4.79 Å². The largest absolute Gasteiger partial charge is 0.363 e. The molecule has 2 aromatic heterocycles. The zero-order valence-electron chi connectivity index (χ0n) is 15.2. The van der Waals surface area contributed by atoms with E-state index in [1.807, 2.05) is 31.3 Å². The average molecular weight is 356 g/mol. The van der Waals surface area contributed by atoms with Crippen molar-refractivity contribution in [2.24, 2.45) is 0 Å². The maximum absolute atomic E-state index is 12.1. The molecule has 2 aliphatic rings. The van der Waals surface area contributed by atoms with Gasteiger partial charge in [0.05, 0.1) is 6.04 Å². The molecule has 8 nitrogen and oxygen atoms in total. The number of amides is 1. The van der Waals surface area contributed by atoms with Gasteiger partial charge in [-0.3, -0.25) is 9.69 Å². The molecular formula is C18H24N6O2. The van der Waals surface area contributed by atoms with Crippen LogP contribution in [0.15, 0.2) is 22.9 Å². The molecule has 0 bridgehead atoms. The number of anilines is 1. The molecule has 1 aliphatic carbocycles. The Balaban J connectivity index is 1.45. The Labute approximate surface area is 152 Å². The van der Waals surface area contributed by atoms with Crippen molar-refractivity contribution in [1.82, 2.24) is 25.3 Å². The van der Waals surface area contributed by atoms with Gasteiger partial charge in [0.1, 0.15) is 5.82 Å². The molecule has 1 amide bonds. The second-order valence-corrected chi connectivity index (χ2v) is 7.25. The third kappa shape index (κ3) is 3.70. The second-order valence-electron chi connectivity index (χ2n) is 7.25. The third-order valence-electron chi connectivity index (χ3n) is 4.86. The molecule has 3 heterocycles. The molecule has 0 radical (unpaired) electrons. The van der Waals surface area contributed by atoms with Gasteiger partial charge in [-0.05, 0) is 49.9 Å². The highest BCUT2D eigenvalue weighted by molar-refractivity contribution is 5.90. The van der Waals surface area contributed by atoms with Crippen LogP contribution < -0.4 is 10.2 Å². The molecule has 26 heavy (non-hydrogen) atoms. The van der Waals surface area contributed by atoms with E-state index in [0.717, 1.165) is 44.6 Å². The lowest BCUT2D eigenvalue weighted by molar-refractivity contribution is 0.0937. The summed E-state index contributed by atoms with van der Waals surface area (Å²) in [6.07, 6.45) is 5.93. The highest BCUT2D eigenvalue weighted by Gasteiger charge is 2.32. The highest BCUT2D eigenvalue weighted by atomic mass is 16.5. The molecule has 1 saturated carbocycles. The number of carbonyl (C=O) groups excluding carboxylic acids is 1. The fraction of sp³-hybridized carbons (Fsp3) is 0.556. The van der Waals surface area contributed by atoms with E-state index in [1.165, 1.54) is 5.56 Å². The van der Waals surface area contributed by atoms with E-state index in [1.54, 1.807) is 0 Å². The minimum Gasteiger partial charge on any atom is -0.363 e. The molecule has 8 heteroatoms. The Morgan fingerprint density at radius 2 is 2.23 bits per heavy atom. The van der Waals surface area contributed by atoms with Gasteiger partial charge in [0, 0.05) is 32.9 Å². The Bertz CT molecular complexity index is 785. The molecule has 2 fully saturated rings. The minimum absolute atomic E-state index is 0.0564. The third-order valence-corrected chi connectivity index (χ3v) is 4.86. The van der Waals surface area contributed by atoms with Crippen molar-refractivity contribution < 1.29 is 9.32 Å². The van der Waals surface area contributed by atoms with E-state index >= 15 is 0 Å². The normalized spacial score (nSPS) is 20.3. The molecule has 0 spiro atoms. The Kier molecular flexibility index (Phi) is 4.58. The first-order valence-electron chi connectivity index (χ1n) is 9.11. The van der Waals surface area contributed by atoms with Crippen molar-refractivity contribution in [3.05, 3.63) is 35.6 Å². The summed E-state index contributed by atoms with van der Waals surface area (Å²) in [5.41, 5.74) is 1.20. The number of carbonyl (C=O) groups is 1. The van der Waals surface area contributed by atoms with E-state index in [2.05, 4.69) is 31.4 Å². The summed E-state index contributed by atoms with van der Waals surface area (Å²) in [6, 6.07) is 4.47. The number of nitrogens with zero attached hydrogens (tertiary/aromatic N) is 5. The van der Waals surface area contributed by atoms with E-state index < -0.39 is 0 Å². The standard InChI is InChI=1S/C18H24N6O2/c1-23(2)15-10-12(7-8-19-15)11-24-9-3-4-14(24)18-21-16(22-26-18)17(25)20-13-5-6-13/h7-8,10,13-14H,3-6,9,11H2,1-2H3,(H,20,25). The molecule has 1 N–H and O–H groups in total. The van der Waals surface area contributed by atoms with Gasteiger partial charge in [-0.1, -0.05) is 5.16 Å². The van der Waals surface area contributed by atoms with Crippen molar-refractivity contribution in [3.8, 4) is 0 Å². The van der Waals surface area contributed by atoms with Gasteiger partial charge >= 0.3 is 0 Å². The van der Waals surface area contributed by atoms with Crippen LogP contribution in [0.3, 0.4) is 0 Å². The lowest BCUT2D eigenvalue weighted by Crippen LogP contribution is -2.27. The van der Waals surface area contributed by atoms with Gasteiger partial charge in [-0.2, -0.15) is 4.98 Å². The molecule has 4 rings (SSSR count). The average Bonchev–Trinajstić information content (AvgIpc) is 3.11. The van der Waals surface area contributed by atoms with Crippen LogP contribution in [-0.4, -0.2) is 52.6 Å². The van der Waals surface area contributed by atoms with Gasteiger partial charge < -0.3 is 14.7 Å². The van der Waals surface area contributed by atoms with Crippen LogP contribution >= 0.6 is 0 Å². The summed E-state index contributed by atoms with van der Waals surface area (Å²) in [5.74, 6) is 1.37. The van der Waals surface area contributed by atoms with E-state index in [-0.39, 0.29) is 23.8 Å². The van der Waals surface area contributed by atoms with E-state index in [0.29, 0.717) is 5.89 Å². The summed E-state index contributed by atoms with van der Waals surface area (Å²) in [4.78, 5) is 25.1. The fourth-order valence-electron chi connectivity index (χ4n) is 3.27. The fourth-order valence-corrected chi connectivity index (χ4v) is 3.27. The molecule has 138 valence electrons. The molecule has 1 aliphatic heterocycles. The number of likely N-dealkylation sites (tertiary alicyclic amines) is 1. The lowest BCUT2D eigenvalue weighted by Gasteiger charge is -2.22. The first kappa shape index (κ1) is 17.0. The molecule has 2 aromatic rings. The van der Waals surface area contributed by atoms with Crippen molar-refractivity contribution in [2.45, 2.75) is 44.3 Å². The topological polar surface area (TPSA) is 87.4 Å². The molecule has 0 aromatic carbocycles. The zero-order chi connectivity index (χ0) is 18.1. The maximum atomic E-state index is 12.1. The lowest BCUT2D eigenvalue weighted by atomic mass is 10.2. The van der Waals surface area contributed by atoms with Crippen LogP contribution in [-0.2, 0) is 6.54 Å². The summed E-state index contributed by atoms with van der Waals surface area (Å²) in [5, 5.41) is 6.77. The first-order chi connectivity index (χ1) is 12.6. The Morgan fingerprint density at radius 1 is 1.38 bits per heavy atom. The number of aromatic nitrogens is 3. The number of hydrogen-bond donors (Lipinski definition) is 1. The Morgan fingerprint density at radius 3 is 3.00 bits per heavy atom. The number of pyridine rings is 1.